The predicted octanol–water partition coefficient (Wildman–Crippen LogP) is 3.71. The van der Waals surface area contributed by atoms with Crippen LogP contribution in [0.3, 0.4) is 0 Å². The van der Waals surface area contributed by atoms with Gasteiger partial charge in [-0.1, -0.05) is 50.2 Å². The van der Waals surface area contributed by atoms with Gasteiger partial charge in [-0.05, 0) is 29.7 Å². The summed E-state index contributed by atoms with van der Waals surface area (Å²) < 4.78 is 0. The van der Waals surface area contributed by atoms with E-state index in [1.54, 1.807) is 6.07 Å². The van der Waals surface area contributed by atoms with E-state index in [-0.39, 0.29) is 11.3 Å². The van der Waals surface area contributed by atoms with Gasteiger partial charge >= 0.3 is 5.97 Å². The predicted molar refractivity (Wildman–Crippen MR) is 75.7 cm³/mol. The van der Waals surface area contributed by atoms with Crippen molar-refractivity contribution in [2.45, 2.75) is 20.3 Å². The highest BCUT2D eigenvalue weighted by Gasteiger charge is 2.10. The first kappa shape index (κ1) is 14.8. The van der Waals surface area contributed by atoms with E-state index < -0.39 is 5.97 Å². The van der Waals surface area contributed by atoms with Crippen LogP contribution in [0.15, 0.2) is 48.5 Å². The van der Waals surface area contributed by atoms with E-state index in [9.17, 15) is 9.90 Å². The molecule has 0 saturated heterocycles. The first-order chi connectivity index (χ1) is 9.16. The minimum atomic E-state index is -1.11. The molecular weight excluding hydrogens is 240 g/mol. The van der Waals surface area contributed by atoms with Crippen molar-refractivity contribution in [1.82, 2.24) is 0 Å². The summed E-state index contributed by atoms with van der Waals surface area (Å²) in [5.41, 5.74) is 1.92. The van der Waals surface area contributed by atoms with E-state index in [0.717, 1.165) is 11.1 Å². The summed E-state index contributed by atoms with van der Waals surface area (Å²) in [5.74, 6) is -1.31. The van der Waals surface area contributed by atoms with E-state index in [1.807, 2.05) is 44.2 Å². The Hall–Kier alpha value is -2.29. The molecule has 2 rings (SSSR count). The molecule has 0 radical (unpaired) electrons. The van der Waals surface area contributed by atoms with E-state index in [0.29, 0.717) is 6.42 Å². The lowest BCUT2D eigenvalue weighted by Gasteiger charge is -2.05. The number of aromatic hydroxyl groups is 1. The van der Waals surface area contributed by atoms with Crippen LogP contribution >= 0.6 is 0 Å². The number of carbonyl (C=O) groups is 1. The van der Waals surface area contributed by atoms with Gasteiger partial charge in [0.1, 0.15) is 11.3 Å². The molecule has 2 aromatic rings. The van der Waals surface area contributed by atoms with Gasteiger partial charge in [0.05, 0.1) is 0 Å². The maximum atomic E-state index is 10.9. The number of phenols is 1. The first-order valence-electron chi connectivity index (χ1n) is 6.26. The van der Waals surface area contributed by atoms with E-state index >= 15 is 0 Å². The Morgan fingerprint density at radius 2 is 1.63 bits per heavy atom. The van der Waals surface area contributed by atoms with Crippen molar-refractivity contribution in [3.63, 3.8) is 0 Å². The summed E-state index contributed by atoms with van der Waals surface area (Å²) in [6.07, 6.45) is 0.654. The third-order valence-corrected chi connectivity index (χ3v) is 2.54. The summed E-state index contributed by atoms with van der Waals surface area (Å²) in [6.45, 7) is 4.00. The fraction of sp³-hybridized carbons (Fsp3) is 0.188. The standard InChI is InChI=1S/C14H12O3.C2H6/c15-13-7-6-11(9-12(13)14(16)17)8-10-4-2-1-3-5-10;1-2/h1-7,9,15H,8H2,(H,16,17);1-2H3. The molecule has 0 aromatic heterocycles. The van der Waals surface area contributed by atoms with Gasteiger partial charge in [0.25, 0.3) is 0 Å². The molecule has 0 fully saturated rings. The van der Waals surface area contributed by atoms with Crippen LogP contribution in [0.1, 0.15) is 35.3 Å². The lowest BCUT2D eigenvalue weighted by atomic mass is 10.0. The van der Waals surface area contributed by atoms with Crippen molar-refractivity contribution >= 4 is 5.97 Å². The van der Waals surface area contributed by atoms with Crippen molar-refractivity contribution in [3.8, 4) is 5.75 Å². The van der Waals surface area contributed by atoms with Gasteiger partial charge in [0, 0.05) is 0 Å². The van der Waals surface area contributed by atoms with Gasteiger partial charge in [0.2, 0.25) is 0 Å². The second-order valence-corrected chi connectivity index (χ2v) is 3.82. The van der Waals surface area contributed by atoms with Crippen molar-refractivity contribution < 1.29 is 15.0 Å². The maximum Gasteiger partial charge on any atom is 0.339 e. The van der Waals surface area contributed by atoms with Crippen molar-refractivity contribution in [2.75, 3.05) is 0 Å². The molecular formula is C16H18O3. The summed E-state index contributed by atoms with van der Waals surface area (Å²) >= 11 is 0. The molecule has 0 aliphatic heterocycles. The van der Waals surface area contributed by atoms with Crippen LogP contribution in [0.25, 0.3) is 0 Å². The molecule has 2 N–H and O–H groups in total. The van der Waals surface area contributed by atoms with Gasteiger partial charge in [-0.2, -0.15) is 0 Å². The number of hydrogen-bond acceptors (Lipinski definition) is 2. The first-order valence-corrected chi connectivity index (χ1v) is 6.26. The molecule has 0 unspecified atom stereocenters. The lowest BCUT2D eigenvalue weighted by Crippen LogP contribution is -1.98. The zero-order valence-electron chi connectivity index (χ0n) is 11.1. The summed E-state index contributed by atoms with van der Waals surface area (Å²) in [4.78, 5) is 10.9. The molecule has 0 amide bonds. The van der Waals surface area contributed by atoms with E-state index in [4.69, 9.17) is 5.11 Å². The number of carboxylic acid groups (broad SMARTS) is 1. The van der Waals surface area contributed by atoms with Crippen LogP contribution < -0.4 is 0 Å². The van der Waals surface area contributed by atoms with Crippen LogP contribution in [-0.2, 0) is 6.42 Å². The molecule has 100 valence electrons. The Labute approximate surface area is 113 Å². The molecule has 3 heteroatoms. The third kappa shape index (κ3) is 4.14. The van der Waals surface area contributed by atoms with Gasteiger partial charge in [-0.15, -0.1) is 0 Å². The van der Waals surface area contributed by atoms with Crippen LogP contribution in [0.5, 0.6) is 5.75 Å². The number of hydrogen-bond donors (Lipinski definition) is 2. The third-order valence-electron chi connectivity index (χ3n) is 2.54. The largest absolute Gasteiger partial charge is 0.507 e. The van der Waals surface area contributed by atoms with Crippen LogP contribution in [-0.4, -0.2) is 16.2 Å². The van der Waals surface area contributed by atoms with Gasteiger partial charge < -0.3 is 10.2 Å². The number of rotatable bonds is 3. The molecule has 0 aliphatic carbocycles. The van der Waals surface area contributed by atoms with Crippen LogP contribution in [0.2, 0.25) is 0 Å². The molecule has 3 nitrogen and oxygen atoms in total. The molecule has 0 spiro atoms. The van der Waals surface area contributed by atoms with E-state index in [1.165, 1.54) is 12.1 Å². The minimum absolute atomic E-state index is 0.0570. The van der Waals surface area contributed by atoms with Gasteiger partial charge in [-0.3, -0.25) is 0 Å². The maximum absolute atomic E-state index is 10.9. The molecule has 0 atom stereocenters. The summed E-state index contributed by atoms with van der Waals surface area (Å²) in [7, 11) is 0. The van der Waals surface area contributed by atoms with Crippen LogP contribution in [0, 0.1) is 0 Å². The molecule has 0 aliphatic rings. The summed E-state index contributed by atoms with van der Waals surface area (Å²) in [5, 5.41) is 18.3. The average Bonchev–Trinajstić information content (AvgIpc) is 2.44. The number of aromatic carboxylic acids is 1. The zero-order chi connectivity index (χ0) is 14.3. The highest BCUT2D eigenvalue weighted by molar-refractivity contribution is 5.90. The van der Waals surface area contributed by atoms with E-state index in [2.05, 4.69) is 0 Å². The number of carboxylic acids is 1. The average molecular weight is 258 g/mol. The highest BCUT2D eigenvalue weighted by atomic mass is 16.4. The van der Waals surface area contributed by atoms with Gasteiger partial charge in [-0.25, -0.2) is 4.79 Å². The Morgan fingerprint density at radius 3 is 2.21 bits per heavy atom. The Kier molecular flexibility index (Phi) is 5.61. The second kappa shape index (κ2) is 7.21. The van der Waals surface area contributed by atoms with Crippen LogP contribution in [0.4, 0.5) is 0 Å². The fourth-order valence-electron chi connectivity index (χ4n) is 1.70. The van der Waals surface area contributed by atoms with Crippen molar-refractivity contribution in [3.05, 3.63) is 65.2 Å². The second-order valence-electron chi connectivity index (χ2n) is 3.82. The Morgan fingerprint density at radius 1 is 1.00 bits per heavy atom. The number of benzene rings is 2. The monoisotopic (exact) mass is 258 g/mol. The zero-order valence-corrected chi connectivity index (χ0v) is 11.1. The quantitative estimate of drug-likeness (QED) is 0.882. The smallest absolute Gasteiger partial charge is 0.339 e. The summed E-state index contributed by atoms with van der Waals surface area (Å²) in [6, 6.07) is 14.4. The lowest BCUT2D eigenvalue weighted by molar-refractivity contribution is 0.0693. The molecule has 0 saturated carbocycles. The fourth-order valence-corrected chi connectivity index (χ4v) is 1.70. The Balaban J connectivity index is 0.000000861. The molecule has 0 heterocycles. The van der Waals surface area contributed by atoms with Gasteiger partial charge in [0.15, 0.2) is 0 Å². The molecule has 0 bridgehead atoms. The normalized spacial score (nSPS) is 9.37. The minimum Gasteiger partial charge on any atom is -0.507 e. The molecule has 2 aromatic carbocycles. The molecule has 19 heavy (non-hydrogen) atoms. The Bertz CT molecular complexity index is 533. The SMILES string of the molecule is CC.O=C(O)c1cc(Cc2ccccc2)ccc1O. The topological polar surface area (TPSA) is 57.5 Å². The van der Waals surface area contributed by atoms with Crippen molar-refractivity contribution in [2.24, 2.45) is 0 Å². The highest BCUT2D eigenvalue weighted by Crippen LogP contribution is 2.20. The van der Waals surface area contributed by atoms with Crippen molar-refractivity contribution in [1.29, 1.82) is 0 Å².